The Bertz CT molecular complexity index is 770. The molecule has 2 aromatic carbocycles. The normalized spacial score (nSPS) is 17.0. The molecule has 0 unspecified atom stereocenters. The van der Waals surface area contributed by atoms with Crippen LogP contribution in [0, 0.1) is 0 Å². The van der Waals surface area contributed by atoms with Crippen LogP contribution in [0.2, 0.25) is 0 Å². The third-order valence-corrected chi connectivity index (χ3v) is 5.10. The van der Waals surface area contributed by atoms with E-state index in [-0.39, 0.29) is 12.7 Å². The zero-order valence-corrected chi connectivity index (χ0v) is 17.6. The van der Waals surface area contributed by atoms with Crippen molar-refractivity contribution in [2.45, 2.75) is 25.7 Å². The van der Waals surface area contributed by atoms with Gasteiger partial charge in [0.2, 0.25) is 0 Å². The molecule has 0 aromatic heterocycles. The Labute approximate surface area is 173 Å². The van der Waals surface area contributed by atoms with Gasteiger partial charge in [-0.05, 0) is 32.2 Å². The zero-order valence-electron chi connectivity index (χ0n) is 17.6. The third kappa shape index (κ3) is 5.85. The summed E-state index contributed by atoms with van der Waals surface area (Å²) in [5.41, 5.74) is 2.13. The van der Waals surface area contributed by atoms with E-state index in [9.17, 15) is 5.11 Å². The molecular formula is C23H32N2O4. The number of rotatable bonds is 10. The average molecular weight is 401 g/mol. The summed E-state index contributed by atoms with van der Waals surface area (Å²) in [7, 11) is 3.65. The van der Waals surface area contributed by atoms with Gasteiger partial charge in [0.05, 0.1) is 38.7 Å². The second kappa shape index (κ2) is 10.5. The molecule has 0 radical (unpaired) electrons. The van der Waals surface area contributed by atoms with Crippen molar-refractivity contribution in [3.8, 4) is 11.5 Å². The highest BCUT2D eigenvalue weighted by atomic mass is 16.5. The molecule has 0 fully saturated rings. The van der Waals surface area contributed by atoms with E-state index in [0.29, 0.717) is 13.2 Å². The molecule has 2 atom stereocenters. The average Bonchev–Trinajstić information content (AvgIpc) is 2.73. The lowest BCUT2D eigenvalue weighted by molar-refractivity contribution is 0.00821. The van der Waals surface area contributed by atoms with E-state index in [4.69, 9.17) is 14.2 Å². The van der Waals surface area contributed by atoms with E-state index in [1.807, 2.05) is 49.5 Å². The highest BCUT2D eigenvalue weighted by Crippen LogP contribution is 2.32. The van der Waals surface area contributed by atoms with Crippen LogP contribution in [0.5, 0.6) is 11.5 Å². The first kappa shape index (κ1) is 21.4. The number of aliphatic hydroxyl groups excluding tert-OH is 1. The number of likely N-dealkylation sites (N-methyl/N-ethyl adjacent to an activating group) is 2. The molecule has 0 saturated carbocycles. The summed E-state index contributed by atoms with van der Waals surface area (Å²) >= 11 is 0. The molecule has 0 amide bonds. The number of para-hydroxylation sites is 3. The molecule has 1 heterocycles. The fraction of sp³-hybridized carbons (Fsp3) is 0.478. The van der Waals surface area contributed by atoms with Gasteiger partial charge in [0, 0.05) is 25.2 Å². The maximum Gasteiger partial charge on any atom is 0.143 e. The fourth-order valence-corrected chi connectivity index (χ4v) is 3.74. The van der Waals surface area contributed by atoms with Gasteiger partial charge in [-0.1, -0.05) is 30.3 Å². The van der Waals surface area contributed by atoms with Crippen LogP contribution >= 0.6 is 0 Å². The Hall–Kier alpha value is -2.28. The number of methoxy groups -OCH3 is 1. The predicted molar refractivity (Wildman–Crippen MR) is 115 cm³/mol. The van der Waals surface area contributed by atoms with Gasteiger partial charge < -0.3 is 24.2 Å². The van der Waals surface area contributed by atoms with Gasteiger partial charge in [-0.25, -0.2) is 0 Å². The Balaban J connectivity index is 1.44. The van der Waals surface area contributed by atoms with Gasteiger partial charge in [-0.3, -0.25) is 4.90 Å². The van der Waals surface area contributed by atoms with Gasteiger partial charge >= 0.3 is 0 Å². The second-order valence-electron chi connectivity index (χ2n) is 7.45. The lowest BCUT2D eigenvalue weighted by Crippen LogP contribution is -2.47. The topological polar surface area (TPSA) is 54.4 Å². The minimum atomic E-state index is -0.562. The highest BCUT2D eigenvalue weighted by molar-refractivity contribution is 5.60. The molecule has 2 aromatic rings. The first-order valence-electron chi connectivity index (χ1n) is 10.2. The van der Waals surface area contributed by atoms with E-state index in [1.54, 1.807) is 7.11 Å². The summed E-state index contributed by atoms with van der Waals surface area (Å²) < 4.78 is 17.2. The van der Waals surface area contributed by atoms with E-state index in [0.717, 1.165) is 42.4 Å². The number of hydrogen-bond acceptors (Lipinski definition) is 6. The minimum Gasteiger partial charge on any atom is -0.496 e. The molecule has 0 aliphatic carbocycles. The van der Waals surface area contributed by atoms with Gasteiger partial charge in [0.25, 0.3) is 0 Å². The summed E-state index contributed by atoms with van der Waals surface area (Å²) in [6, 6.07) is 15.9. The van der Waals surface area contributed by atoms with Crippen LogP contribution in [0.3, 0.4) is 0 Å². The van der Waals surface area contributed by atoms with Crippen LogP contribution in [-0.2, 0) is 11.3 Å². The van der Waals surface area contributed by atoms with Crippen LogP contribution in [-0.4, -0.2) is 69.2 Å². The van der Waals surface area contributed by atoms with Crippen molar-refractivity contribution in [3.63, 3.8) is 0 Å². The number of fused-ring (bicyclic) bond motifs is 1. The van der Waals surface area contributed by atoms with Crippen molar-refractivity contribution in [1.29, 1.82) is 0 Å². The zero-order chi connectivity index (χ0) is 20.6. The maximum atomic E-state index is 10.4. The second-order valence-corrected chi connectivity index (χ2v) is 7.45. The Kier molecular flexibility index (Phi) is 7.75. The number of aliphatic hydroxyl groups is 1. The SMILES string of the molecule is CCN1C[C@H](CN(C)C[C@@H](O)COCc2ccccc2OC)Oc2ccccc21. The van der Waals surface area contributed by atoms with Crippen LogP contribution in [0.25, 0.3) is 0 Å². The van der Waals surface area contributed by atoms with Crippen LogP contribution in [0.1, 0.15) is 12.5 Å². The molecule has 29 heavy (non-hydrogen) atoms. The smallest absolute Gasteiger partial charge is 0.143 e. The minimum absolute atomic E-state index is 0.0662. The van der Waals surface area contributed by atoms with Crippen molar-refractivity contribution < 1.29 is 19.3 Å². The molecule has 6 heteroatoms. The molecule has 158 valence electrons. The Morgan fingerprint density at radius 3 is 2.76 bits per heavy atom. The largest absolute Gasteiger partial charge is 0.496 e. The quantitative estimate of drug-likeness (QED) is 0.662. The number of anilines is 1. The van der Waals surface area contributed by atoms with Gasteiger partial charge in [-0.15, -0.1) is 0 Å². The molecule has 0 spiro atoms. The molecule has 6 nitrogen and oxygen atoms in total. The van der Waals surface area contributed by atoms with E-state index in [2.05, 4.69) is 22.8 Å². The molecular weight excluding hydrogens is 368 g/mol. The van der Waals surface area contributed by atoms with Crippen molar-refractivity contribution in [1.82, 2.24) is 4.90 Å². The Morgan fingerprint density at radius 1 is 1.21 bits per heavy atom. The summed E-state index contributed by atoms with van der Waals surface area (Å²) in [5, 5.41) is 10.4. The van der Waals surface area contributed by atoms with E-state index >= 15 is 0 Å². The number of hydrogen-bond donors (Lipinski definition) is 1. The monoisotopic (exact) mass is 400 g/mol. The van der Waals surface area contributed by atoms with E-state index < -0.39 is 6.10 Å². The number of ether oxygens (including phenoxy) is 3. The summed E-state index contributed by atoms with van der Waals surface area (Å²) in [6.07, 6.45) is -0.496. The van der Waals surface area contributed by atoms with Crippen LogP contribution < -0.4 is 14.4 Å². The lowest BCUT2D eigenvalue weighted by atomic mass is 10.1. The van der Waals surface area contributed by atoms with E-state index in [1.165, 1.54) is 0 Å². The fourth-order valence-electron chi connectivity index (χ4n) is 3.74. The first-order chi connectivity index (χ1) is 14.1. The molecule has 1 N–H and O–H groups in total. The van der Waals surface area contributed by atoms with Gasteiger partial charge in [-0.2, -0.15) is 0 Å². The third-order valence-electron chi connectivity index (χ3n) is 5.10. The van der Waals surface area contributed by atoms with Gasteiger partial charge in [0.1, 0.15) is 17.6 Å². The first-order valence-corrected chi connectivity index (χ1v) is 10.2. The molecule has 0 saturated heterocycles. The van der Waals surface area contributed by atoms with Crippen molar-refractivity contribution in [3.05, 3.63) is 54.1 Å². The summed E-state index contributed by atoms with van der Waals surface area (Å²) in [4.78, 5) is 4.44. The van der Waals surface area contributed by atoms with Crippen molar-refractivity contribution in [2.24, 2.45) is 0 Å². The van der Waals surface area contributed by atoms with Crippen LogP contribution in [0.15, 0.2) is 48.5 Å². The predicted octanol–water partition coefficient (Wildman–Crippen LogP) is 2.79. The standard InChI is InChI=1S/C23H32N2O4/c1-4-25-15-20(29-23-12-8-6-10-21(23)25)14-24(2)13-19(26)17-28-16-18-9-5-7-11-22(18)27-3/h5-12,19-20,26H,4,13-17H2,1-3H3/t19-,20+/m1/s1. The summed E-state index contributed by atoms with van der Waals surface area (Å²) in [6.45, 7) is 5.91. The van der Waals surface area contributed by atoms with Gasteiger partial charge in [0.15, 0.2) is 0 Å². The lowest BCUT2D eigenvalue weighted by Gasteiger charge is -2.37. The Morgan fingerprint density at radius 2 is 1.97 bits per heavy atom. The van der Waals surface area contributed by atoms with Crippen LogP contribution in [0.4, 0.5) is 5.69 Å². The molecule has 1 aliphatic rings. The molecule has 0 bridgehead atoms. The molecule has 3 rings (SSSR count). The maximum absolute atomic E-state index is 10.4. The summed E-state index contributed by atoms with van der Waals surface area (Å²) in [5.74, 6) is 1.73. The molecule has 1 aliphatic heterocycles. The number of benzene rings is 2. The van der Waals surface area contributed by atoms with Crippen molar-refractivity contribution >= 4 is 5.69 Å². The number of nitrogens with zero attached hydrogens (tertiary/aromatic N) is 2. The van der Waals surface area contributed by atoms with Crippen molar-refractivity contribution in [2.75, 3.05) is 51.8 Å². The highest BCUT2D eigenvalue weighted by Gasteiger charge is 2.25.